The third kappa shape index (κ3) is 2.51. The van der Waals surface area contributed by atoms with Crippen molar-refractivity contribution in [3.05, 3.63) is 0 Å². The zero-order valence-electron chi connectivity index (χ0n) is 9.70. The molecule has 0 aromatic carbocycles. The van der Waals surface area contributed by atoms with Crippen LogP contribution < -0.4 is 0 Å². The zero-order valence-corrected chi connectivity index (χ0v) is 9.70. The van der Waals surface area contributed by atoms with Crippen LogP contribution in [0.3, 0.4) is 0 Å². The van der Waals surface area contributed by atoms with E-state index in [4.69, 9.17) is 5.11 Å². The van der Waals surface area contributed by atoms with Crippen LogP contribution in [-0.4, -0.2) is 21.8 Å². The molecule has 0 saturated heterocycles. The van der Waals surface area contributed by atoms with Crippen molar-refractivity contribution in [2.75, 3.05) is 0 Å². The molecule has 0 aromatic heterocycles. The Hall–Kier alpha value is -0.570. The lowest BCUT2D eigenvalue weighted by Crippen LogP contribution is -2.45. The number of carbonyl (C=O) groups is 1. The summed E-state index contributed by atoms with van der Waals surface area (Å²) in [6, 6.07) is 0. The smallest absolute Gasteiger partial charge is 0.335 e. The van der Waals surface area contributed by atoms with Gasteiger partial charge in [-0.1, -0.05) is 33.1 Å². The molecule has 0 heterocycles. The predicted octanol–water partition coefficient (Wildman–Crippen LogP) is 2.43. The normalized spacial score (nSPS) is 30.1. The summed E-state index contributed by atoms with van der Waals surface area (Å²) in [4.78, 5) is 11.1. The third-order valence-corrected chi connectivity index (χ3v) is 3.80. The van der Waals surface area contributed by atoms with Gasteiger partial charge in [0.1, 0.15) is 0 Å². The van der Waals surface area contributed by atoms with Crippen LogP contribution in [-0.2, 0) is 4.79 Å². The molecule has 88 valence electrons. The van der Waals surface area contributed by atoms with Crippen LogP contribution in [0.25, 0.3) is 0 Å². The van der Waals surface area contributed by atoms with Gasteiger partial charge in [0.25, 0.3) is 0 Å². The van der Waals surface area contributed by atoms with Gasteiger partial charge in [0, 0.05) is 0 Å². The topological polar surface area (TPSA) is 57.5 Å². The van der Waals surface area contributed by atoms with E-state index in [0.29, 0.717) is 12.3 Å². The van der Waals surface area contributed by atoms with Crippen molar-refractivity contribution < 1.29 is 15.0 Å². The van der Waals surface area contributed by atoms with Gasteiger partial charge in [0.2, 0.25) is 0 Å². The van der Waals surface area contributed by atoms with Crippen LogP contribution in [0.15, 0.2) is 0 Å². The highest BCUT2D eigenvalue weighted by atomic mass is 16.4. The van der Waals surface area contributed by atoms with Crippen LogP contribution in [0.2, 0.25) is 0 Å². The molecular formula is C12H22O3. The van der Waals surface area contributed by atoms with Crippen molar-refractivity contribution in [1.29, 1.82) is 0 Å². The van der Waals surface area contributed by atoms with Crippen molar-refractivity contribution >= 4 is 5.97 Å². The number of aliphatic hydroxyl groups is 1. The second kappa shape index (κ2) is 4.97. The van der Waals surface area contributed by atoms with E-state index in [-0.39, 0.29) is 5.92 Å². The minimum absolute atomic E-state index is 0.0418. The maximum absolute atomic E-state index is 11.1. The molecule has 3 atom stereocenters. The van der Waals surface area contributed by atoms with Gasteiger partial charge in [-0.05, 0) is 31.1 Å². The summed E-state index contributed by atoms with van der Waals surface area (Å²) >= 11 is 0. The van der Waals surface area contributed by atoms with Crippen molar-refractivity contribution in [1.82, 2.24) is 0 Å². The molecule has 0 spiro atoms. The number of rotatable bonds is 5. The Bertz CT molecular complexity index is 227. The molecule has 0 amide bonds. The van der Waals surface area contributed by atoms with E-state index >= 15 is 0 Å². The Kier molecular flexibility index (Phi) is 4.14. The van der Waals surface area contributed by atoms with Gasteiger partial charge in [-0.3, -0.25) is 0 Å². The fourth-order valence-electron chi connectivity index (χ4n) is 2.75. The van der Waals surface area contributed by atoms with Gasteiger partial charge in [-0.2, -0.15) is 0 Å². The monoisotopic (exact) mass is 214 g/mol. The molecule has 1 rings (SSSR count). The van der Waals surface area contributed by atoms with Crippen LogP contribution >= 0.6 is 0 Å². The summed E-state index contributed by atoms with van der Waals surface area (Å²) in [6.07, 6.45) is 5.00. The van der Waals surface area contributed by atoms with Crippen molar-refractivity contribution in [3.8, 4) is 0 Å². The number of carboxylic acids is 1. The standard InChI is InChI=1S/C12H22O3/c1-3-7-12(15,11(13)14)10-6-5-9(4-2)8-10/h9-10,15H,3-8H2,1-2H3,(H,13,14). The first-order valence-corrected chi connectivity index (χ1v) is 6.00. The van der Waals surface area contributed by atoms with E-state index < -0.39 is 11.6 Å². The summed E-state index contributed by atoms with van der Waals surface area (Å²) in [6.45, 7) is 4.05. The van der Waals surface area contributed by atoms with E-state index in [0.717, 1.165) is 32.1 Å². The van der Waals surface area contributed by atoms with Gasteiger partial charge in [-0.15, -0.1) is 0 Å². The molecule has 0 aliphatic heterocycles. The summed E-state index contributed by atoms with van der Waals surface area (Å²) in [5.41, 5.74) is -1.47. The zero-order chi connectivity index (χ0) is 11.5. The minimum Gasteiger partial charge on any atom is -0.479 e. The third-order valence-electron chi connectivity index (χ3n) is 3.80. The summed E-state index contributed by atoms with van der Waals surface area (Å²) in [5, 5.41) is 19.3. The second-order valence-corrected chi connectivity index (χ2v) is 4.76. The minimum atomic E-state index is -1.47. The van der Waals surface area contributed by atoms with E-state index in [1.54, 1.807) is 0 Å². The van der Waals surface area contributed by atoms with Crippen LogP contribution in [0.5, 0.6) is 0 Å². The molecular weight excluding hydrogens is 192 g/mol. The molecule has 3 heteroatoms. The summed E-state index contributed by atoms with van der Waals surface area (Å²) < 4.78 is 0. The molecule has 0 aromatic rings. The Balaban J connectivity index is 2.69. The van der Waals surface area contributed by atoms with Crippen LogP contribution in [0.1, 0.15) is 52.4 Å². The van der Waals surface area contributed by atoms with Gasteiger partial charge in [0.05, 0.1) is 0 Å². The van der Waals surface area contributed by atoms with Gasteiger partial charge in [-0.25, -0.2) is 4.79 Å². The molecule has 2 N–H and O–H groups in total. The van der Waals surface area contributed by atoms with Gasteiger partial charge in [0.15, 0.2) is 5.60 Å². The molecule has 3 nitrogen and oxygen atoms in total. The van der Waals surface area contributed by atoms with Gasteiger partial charge >= 0.3 is 5.97 Å². The maximum atomic E-state index is 11.1. The highest BCUT2D eigenvalue weighted by Crippen LogP contribution is 2.41. The van der Waals surface area contributed by atoms with Gasteiger partial charge < -0.3 is 10.2 Å². The lowest BCUT2D eigenvalue weighted by Gasteiger charge is -2.29. The Morgan fingerprint density at radius 1 is 1.40 bits per heavy atom. The molecule has 3 unspecified atom stereocenters. The molecule has 0 radical (unpaired) electrons. The SMILES string of the molecule is CCCC(O)(C(=O)O)C1CCC(CC)C1. The Morgan fingerprint density at radius 2 is 2.07 bits per heavy atom. The second-order valence-electron chi connectivity index (χ2n) is 4.76. The molecule has 1 fully saturated rings. The van der Waals surface area contributed by atoms with Crippen molar-refractivity contribution in [2.45, 2.75) is 58.0 Å². The molecule has 1 aliphatic rings. The fourth-order valence-corrected chi connectivity index (χ4v) is 2.75. The first-order valence-electron chi connectivity index (χ1n) is 6.00. The highest BCUT2D eigenvalue weighted by molar-refractivity contribution is 5.77. The summed E-state index contributed by atoms with van der Waals surface area (Å²) in [7, 11) is 0. The number of hydrogen-bond donors (Lipinski definition) is 2. The maximum Gasteiger partial charge on any atom is 0.335 e. The van der Waals surface area contributed by atoms with Crippen LogP contribution in [0, 0.1) is 11.8 Å². The largest absolute Gasteiger partial charge is 0.479 e. The number of carboxylic acid groups (broad SMARTS) is 1. The fraction of sp³-hybridized carbons (Fsp3) is 0.917. The lowest BCUT2D eigenvalue weighted by molar-refractivity contribution is -0.166. The predicted molar refractivity (Wildman–Crippen MR) is 58.6 cm³/mol. The lowest BCUT2D eigenvalue weighted by atomic mass is 9.82. The van der Waals surface area contributed by atoms with Crippen molar-refractivity contribution in [2.24, 2.45) is 11.8 Å². The molecule has 15 heavy (non-hydrogen) atoms. The average molecular weight is 214 g/mol. The molecule has 1 saturated carbocycles. The number of aliphatic carboxylic acids is 1. The number of hydrogen-bond acceptors (Lipinski definition) is 2. The quantitative estimate of drug-likeness (QED) is 0.739. The Morgan fingerprint density at radius 3 is 2.47 bits per heavy atom. The van der Waals surface area contributed by atoms with Crippen LogP contribution in [0.4, 0.5) is 0 Å². The van der Waals surface area contributed by atoms with E-state index in [1.807, 2.05) is 6.92 Å². The van der Waals surface area contributed by atoms with E-state index in [1.165, 1.54) is 0 Å². The summed E-state index contributed by atoms with van der Waals surface area (Å²) in [5.74, 6) is -0.469. The average Bonchev–Trinajstić information content (AvgIpc) is 2.66. The first kappa shape index (κ1) is 12.5. The van der Waals surface area contributed by atoms with Crippen molar-refractivity contribution in [3.63, 3.8) is 0 Å². The first-order chi connectivity index (χ1) is 7.04. The highest BCUT2D eigenvalue weighted by Gasteiger charge is 2.45. The molecule has 1 aliphatic carbocycles. The Labute approximate surface area is 91.5 Å². The van der Waals surface area contributed by atoms with E-state index in [9.17, 15) is 9.90 Å². The molecule has 0 bridgehead atoms. The van der Waals surface area contributed by atoms with E-state index in [2.05, 4.69) is 6.92 Å².